The lowest BCUT2D eigenvalue weighted by atomic mass is 9.75. The predicted octanol–water partition coefficient (Wildman–Crippen LogP) is 0.736. The average Bonchev–Trinajstić information content (AvgIpc) is 2.34. The summed E-state index contributed by atoms with van der Waals surface area (Å²) in [5, 5.41) is 9.81. The first-order valence-electron chi connectivity index (χ1n) is 6.37. The number of pyridine rings is 1. The molecular weight excluding hydrogens is 262 g/mol. The molecule has 2 N–H and O–H groups in total. The van der Waals surface area contributed by atoms with Crippen molar-refractivity contribution in [2.75, 3.05) is 6.61 Å². The standard InChI is InChI=1S/C14H17NO5/c1-14(2)3-9-12(10(17)4-14)13(19)8(5-15-9)11(18)6-20-7-16/h5,7,11,18H,3-4,6H2,1-2H3,(H,15,19). The van der Waals surface area contributed by atoms with Crippen LogP contribution < -0.4 is 5.43 Å². The fourth-order valence-electron chi connectivity index (χ4n) is 2.55. The number of aliphatic hydroxyl groups excluding tert-OH is 1. The third kappa shape index (κ3) is 2.65. The van der Waals surface area contributed by atoms with Gasteiger partial charge in [0.15, 0.2) is 11.2 Å². The number of aromatic nitrogens is 1. The first-order valence-corrected chi connectivity index (χ1v) is 6.37. The molecule has 0 radical (unpaired) electrons. The number of aliphatic hydroxyl groups is 1. The Kier molecular flexibility index (Phi) is 3.76. The number of ether oxygens (including phenoxy) is 1. The summed E-state index contributed by atoms with van der Waals surface area (Å²) >= 11 is 0. The highest BCUT2D eigenvalue weighted by Crippen LogP contribution is 2.32. The molecule has 0 aliphatic heterocycles. The number of nitrogens with one attached hydrogen (secondary N) is 1. The summed E-state index contributed by atoms with van der Waals surface area (Å²) in [6, 6.07) is 0. The summed E-state index contributed by atoms with van der Waals surface area (Å²) in [5.41, 5.74) is 0.0868. The Morgan fingerprint density at radius 2 is 2.15 bits per heavy atom. The molecule has 20 heavy (non-hydrogen) atoms. The van der Waals surface area contributed by atoms with Gasteiger partial charge in [-0.15, -0.1) is 0 Å². The fourth-order valence-corrected chi connectivity index (χ4v) is 2.55. The molecule has 1 aromatic heterocycles. The Hall–Kier alpha value is -1.95. The maximum absolute atomic E-state index is 12.3. The molecule has 6 heteroatoms. The summed E-state index contributed by atoms with van der Waals surface area (Å²) in [4.78, 5) is 37.4. The average molecular weight is 279 g/mol. The van der Waals surface area contributed by atoms with E-state index in [2.05, 4.69) is 9.72 Å². The molecule has 1 unspecified atom stereocenters. The van der Waals surface area contributed by atoms with Gasteiger partial charge in [0.2, 0.25) is 0 Å². The van der Waals surface area contributed by atoms with E-state index >= 15 is 0 Å². The molecule has 1 aliphatic rings. The van der Waals surface area contributed by atoms with Gasteiger partial charge in [0.1, 0.15) is 12.7 Å². The van der Waals surface area contributed by atoms with Crippen molar-refractivity contribution in [2.45, 2.75) is 32.8 Å². The first-order chi connectivity index (χ1) is 9.35. The van der Waals surface area contributed by atoms with Crippen molar-refractivity contribution < 1.29 is 19.4 Å². The van der Waals surface area contributed by atoms with Crippen LogP contribution in [-0.4, -0.2) is 29.0 Å². The molecule has 0 fully saturated rings. The van der Waals surface area contributed by atoms with Crippen LogP contribution in [0.3, 0.4) is 0 Å². The van der Waals surface area contributed by atoms with Crippen LogP contribution in [0.2, 0.25) is 0 Å². The monoisotopic (exact) mass is 279 g/mol. The van der Waals surface area contributed by atoms with Crippen molar-refractivity contribution in [1.82, 2.24) is 4.98 Å². The molecule has 0 spiro atoms. The van der Waals surface area contributed by atoms with E-state index in [1.54, 1.807) is 0 Å². The van der Waals surface area contributed by atoms with Crippen molar-refractivity contribution in [1.29, 1.82) is 0 Å². The number of rotatable bonds is 4. The zero-order valence-corrected chi connectivity index (χ0v) is 11.4. The van der Waals surface area contributed by atoms with Crippen molar-refractivity contribution >= 4 is 12.3 Å². The van der Waals surface area contributed by atoms with Gasteiger partial charge in [-0.3, -0.25) is 14.4 Å². The number of hydrogen-bond donors (Lipinski definition) is 2. The fraction of sp³-hybridized carbons (Fsp3) is 0.500. The number of hydrogen-bond acceptors (Lipinski definition) is 5. The second-order valence-corrected chi connectivity index (χ2v) is 5.81. The normalized spacial score (nSPS) is 18.2. The molecule has 0 aromatic carbocycles. The number of carbonyl (C=O) groups is 2. The van der Waals surface area contributed by atoms with E-state index in [0.29, 0.717) is 18.5 Å². The SMILES string of the molecule is CC1(C)CC(=O)c2c([nH]cc(C(O)COC=O)c2=O)C1. The van der Waals surface area contributed by atoms with Crippen molar-refractivity contribution in [2.24, 2.45) is 5.41 Å². The second kappa shape index (κ2) is 5.20. The van der Waals surface area contributed by atoms with Gasteiger partial charge < -0.3 is 14.8 Å². The smallest absolute Gasteiger partial charge is 0.293 e. The maximum atomic E-state index is 12.3. The lowest BCUT2D eigenvalue weighted by molar-refractivity contribution is -0.131. The summed E-state index contributed by atoms with van der Waals surface area (Å²) in [6.07, 6.45) is 1.05. The topological polar surface area (TPSA) is 96.5 Å². The van der Waals surface area contributed by atoms with Crippen LogP contribution in [0, 0.1) is 5.41 Å². The van der Waals surface area contributed by atoms with Crippen LogP contribution in [0.25, 0.3) is 0 Å². The van der Waals surface area contributed by atoms with Gasteiger partial charge in [-0.25, -0.2) is 0 Å². The highest BCUT2D eigenvalue weighted by molar-refractivity contribution is 5.98. The molecule has 0 saturated heterocycles. The van der Waals surface area contributed by atoms with E-state index in [-0.39, 0.29) is 35.4 Å². The first kappa shape index (κ1) is 14.5. The Labute approximate surface area is 115 Å². The third-order valence-corrected chi connectivity index (χ3v) is 3.45. The van der Waals surface area contributed by atoms with Crippen LogP contribution >= 0.6 is 0 Å². The molecular formula is C14H17NO5. The van der Waals surface area contributed by atoms with Gasteiger partial charge in [-0.2, -0.15) is 0 Å². The Morgan fingerprint density at radius 1 is 1.45 bits per heavy atom. The van der Waals surface area contributed by atoms with Crippen LogP contribution in [0.4, 0.5) is 0 Å². The van der Waals surface area contributed by atoms with E-state index in [9.17, 15) is 19.5 Å². The third-order valence-electron chi connectivity index (χ3n) is 3.45. The molecule has 0 saturated carbocycles. The minimum atomic E-state index is -1.24. The Bertz CT molecular complexity index is 602. The predicted molar refractivity (Wildman–Crippen MR) is 70.5 cm³/mol. The van der Waals surface area contributed by atoms with Crippen LogP contribution in [0.15, 0.2) is 11.0 Å². The van der Waals surface area contributed by atoms with Crippen LogP contribution in [0.1, 0.15) is 48.0 Å². The van der Waals surface area contributed by atoms with E-state index in [4.69, 9.17) is 0 Å². The van der Waals surface area contributed by atoms with E-state index in [1.807, 2.05) is 13.8 Å². The molecule has 1 heterocycles. The molecule has 0 amide bonds. The summed E-state index contributed by atoms with van der Waals surface area (Å²) < 4.78 is 4.44. The summed E-state index contributed by atoms with van der Waals surface area (Å²) in [7, 11) is 0. The molecule has 1 atom stereocenters. The largest absolute Gasteiger partial charge is 0.465 e. The molecule has 2 rings (SSSR count). The molecule has 0 bridgehead atoms. The van der Waals surface area contributed by atoms with E-state index in [1.165, 1.54) is 6.20 Å². The van der Waals surface area contributed by atoms with Gasteiger partial charge in [-0.05, 0) is 11.8 Å². The van der Waals surface area contributed by atoms with Gasteiger partial charge in [-0.1, -0.05) is 13.8 Å². The highest BCUT2D eigenvalue weighted by atomic mass is 16.5. The van der Waals surface area contributed by atoms with Gasteiger partial charge in [0.25, 0.3) is 6.47 Å². The number of Topliss-reactive ketones (excluding diaryl/α,β-unsaturated/α-hetero) is 1. The molecule has 6 nitrogen and oxygen atoms in total. The van der Waals surface area contributed by atoms with Gasteiger partial charge >= 0.3 is 0 Å². The number of H-pyrrole nitrogens is 1. The van der Waals surface area contributed by atoms with Crippen molar-refractivity contribution in [3.63, 3.8) is 0 Å². The number of fused-ring (bicyclic) bond motifs is 1. The summed E-state index contributed by atoms with van der Waals surface area (Å²) in [5.74, 6) is -0.220. The van der Waals surface area contributed by atoms with E-state index in [0.717, 1.165) is 0 Å². The minimum Gasteiger partial charge on any atom is -0.465 e. The molecule has 108 valence electrons. The minimum absolute atomic E-state index is 0.0404. The highest BCUT2D eigenvalue weighted by Gasteiger charge is 2.34. The number of aromatic amines is 1. The lowest BCUT2D eigenvalue weighted by Gasteiger charge is -2.29. The summed E-state index contributed by atoms with van der Waals surface area (Å²) in [6.45, 7) is 3.81. The van der Waals surface area contributed by atoms with Crippen LogP contribution in [-0.2, 0) is 16.0 Å². The second-order valence-electron chi connectivity index (χ2n) is 5.81. The van der Waals surface area contributed by atoms with Crippen molar-refractivity contribution in [3.8, 4) is 0 Å². The van der Waals surface area contributed by atoms with Crippen LogP contribution in [0.5, 0.6) is 0 Å². The quantitative estimate of drug-likeness (QED) is 0.792. The number of carbonyl (C=O) groups excluding carboxylic acids is 2. The van der Waals surface area contributed by atoms with Gasteiger partial charge in [0, 0.05) is 23.9 Å². The maximum Gasteiger partial charge on any atom is 0.293 e. The Morgan fingerprint density at radius 3 is 2.80 bits per heavy atom. The van der Waals surface area contributed by atoms with Gasteiger partial charge in [0.05, 0.1) is 5.56 Å². The molecule has 1 aromatic rings. The lowest BCUT2D eigenvalue weighted by Crippen LogP contribution is -2.34. The Balaban J connectivity index is 2.42. The van der Waals surface area contributed by atoms with Crippen molar-refractivity contribution in [3.05, 3.63) is 33.2 Å². The zero-order chi connectivity index (χ0) is 14.9. The molecule has 1 aliphatic carbocycles. The number of ketones is 1. The zero-order valence-electron chi connectivity index (χ0n) is 11.4. The van der Waals surface area contributed by atoms with E-state index < -0.39 is 11.5 Å².